The summed E-state index contributed by atoms with van der Waals surface area (Å²) in [5, 5.41) is 3.23. The molecule has 1 unspecified atom stereocenters. The SMILES string of the molecule is CCOC(=O)N1CCC(NC(N)=NCC(C)Oc2ccc(C)cc2)CC1. The minimum atomic E-state index is -0.241. The number of carbonyl (C=O) groups is 1. The zero-order valence-electron chi connectivity index (χ0n) is 15.9. The molecule has 1 aliphatic heterocycles. The van der Waals surface area contributed by atoms with Crippen molar-refractivity contribution >= 4 is 12.1 Å². The Kier molecular flexibility index (Phi) is 7.56. The number of ether oxygens (including phenoxy) is 2. The first-order valence-electron chi connectivity index (χ1n) is 9.19. The molecule has 1 heterocycles. The van der Waals surface area contributed by atoms with E-state index < -0.39 is 0 Å². The van der Waals surface area contributed by atoms with Crippen molar-refractivity contribution < 1.29 is 14.3 Å². The van der Waals surface area contributed by atoms with Crippen LogP contribution in [0.4, 0.5) is 4.79 Å². The summed E-state index contributed by atoms with van der Waals surface area (Å²) in [6, 6.07) is 8.16. The molecular weight excluding hydrogens is 332 g/mol. The van der Waals surface area contributed by atoms with Gasteiger partial charge in [0.15, 0.2) is 5.96 Å². The first-order chi connectivity index (χ1) is 12.5. The molecule has 0 radical (unpaired) electrons. The van der Waals surface area contributed by atoms with Crippen molar-refractivity contribution in [3.05, 3.63) is 29.8 Å². The maximum atomic E-state index is 11.7. The number of hydrogen-bond acceptors (Lipinski definition) is 4. The van der Waals surface area contributed by atoms with Crippen molar-refractivity contribution in [1.29, 1.82) is 0 Å². The zero-order valence-corrected chi connectivity index (χ0v) is 15.9. The molecule has 1 amide bonds. The quantitative estimate of drug-likeness (QED) is 0.599. The summed E-state index contributed by atoms with van der Waals surface area (Å²) < 4.78 is 10.8. The highest BCUT2D eigenvalue weighted by molar-refractivity contribution is 5.78. The number of rotatable bonds is 6. The molecule has 144 valence electrons. The van der Waals surface area contributed by atoms with Gasteiger partial charge in [0, 0.05) is 19.1 Å². The van der Waals surface area contributed by atoms with Crippen molar-refractivity contribution in [3.8, 4) is 5.75 Å². The largest absolute Gasteiger partial charge is 0.489 e. The molecule has 7 heteroatoms. The van der Waals surface area contributed by atoms with Crippen LogP contribution in [0.15, 0.2) is 29.3 Å². The molecular formula is C19H30N4O3. The Hall–Kier alpha value is -2.44. The lowest BCUT2D eigenvalue weighted by Crippen LogP contribution is -2.48. The number of carbonyl (C=O) groups excluding carboxylic acids is 1. The first kappa shape index (κ1) is 19.9. The molecule has 1 fully saturated rings. The van der Waals surface area contributed by atoms with Gasteiger partial charge in [0.2, 0.25) is 0 Å². The van der Waals surface area contributed by atoms with E-state index in [0.29, 0.717) is 32.2 Å². The molecule has 1 aromatic carbocycles. The topological polar surface area (TPSA) is 89.2 Å². The van der Waals surface area contributed by atoms with Crippen LogP contribution in [-0.4, -0.2) is 55.3 Å². The monoisotopic (exact) mass is 362 g/mol. The highest BCUT2D eigenvalue weighted by Gasteiger charge is 2.23. The van der Waals surface area contributed by atoms with Crippen molar-refractivity contribution in [3.63, 3.8) is 0 Å². The number of hydrogen-bond donors (Lipinski definition) is 2. The number of likely N-dealkylation sites (tertiary alicyclic amines) is 1. The molecule has 3 N–H and O–H groups in total. The summed E-state index contributed by atoms with van der Waals surface area (Å²) >= 11 is 0. The van der Waals surface area contributed by atoms with E-state index in [2.05, 4.69) is 10.3 Å². The van der Waals surface area contributed by atoms with Gasteiger partial charge in [-0.15, -0.1) is 0 Å². The number of benzene rings is 1. The third-order valence-corrected chi connectivity index (χ3v) is 4.25. The van der Waals surface area contributed by atoms with Gasteiger partial charge in [-0.2, -0.15) is 0 Å². The van der Waals surface area contributed by atoms with Crippen LogP contribution in [0.3, 0.4) is 0 Å². The van der Waals surface area contributed by atoms with E-state index in [9.17, 15) is 4.79 Å². The van der Waals surface area contributed by atoms with Crippen molar-refractivity contribution in [2.75, 3.05) is 26.2 Å². The maximum absolute atomic E-state index is 11.7. The molecule has 1 aromatic rings. The molecule has 7 nitrogen and oxygen atoms in total. The number of nitrogens with zero attached hydrogens (tertiary/aromatic N) is 2. The highest BCUT2D eigenvalue weighted by Crippen LogP contribution is 2.14. The van der Waals surface area contributed by atoms with Crippen LogP contribution in [0, 0.1) is 6.92 Å². The summed E-state index contributed by atoms with van der Waals surface area (Å²) in [5.74, 6) is 1.25. The number of nitrogens with two attached hydrogens (primary N) is 1. The second-order valence-electron chi connectivity index (χ2n) is 6.57. The molecule has 0 saturated carbocycles. The summed E-state index contributed by atoms with van der Waals surface area (Å²) in [5.41, 5.74) is 7.19. The molecule has 1 aliphatic rings. The van der Waals surface area contributed by atoms with Crippen molar-refractivity contribution in [2.45, 2.75) is 45.8 Å². The summed E-state index contributed by atoms with van der Waals surface area (Å²) in [7, 11) is 0. The van der Waals surface area contributed by atoms with Gasteiger partial charge >= 0.3 is 6.09 Å². The van der Waals surface area contributed by atoms with Gasteiger partial charge in [-0.3, -0.25) is 0 Å². The van der Waals surface area contributed by atoms with Crippen molar-refractivity contribution in [2.24, 2.45) is 10.7 Å². The van der Waals surface area contributed by atoms with Gasteiger partial charge in [0.25, 0.3) is 0 Å². The van der Waals surface area contributed by atoms with E-state index in [1.807, 2.05) is 45.0 Å². The Balaban J connectivity index is 1.71. The summed E-state index contributed by atoms with van der Waals surface area (Å²) in [6.07, 6.45) is 1.34. The predicted octanol–water partition coefficient (Wildman–Crippen LogP) is 2.29. The average molecular weight is 362 g/mol. The van der Waals surface area contributed by atoms with Crippen molar-refractivity contribution in [1.82, 2.24) is 10.2 Å². The lowest BCUT2D eigenvalue weighted by atomic mass is 10.1. The Morgan fingerprint density at radius 2 is 2.00 bits per heavy atom. The molecule has 2 rings (SSSR count). The number of aliphatic imine (C=N–C) groups is 1. The third kappa shape index (κ3) is 6.46. The van der Waals surface area contributed by atoms with Gasteiger partial charge in [-0.05, 0) is 45.7 Å². The predicted molar refractivity (Wildman–Crippen MR) is 103 cm³/mol. The molecule has 1 saturated heterocycles. The van der Waals surface area contributed by atoms with E-state index in [1.165, 1.54) is 5.56 Å². The Labute approximate surface area is 155 Å². The minimum absolute atomic E-state index is 0.0660. The molecule has 0 aromatic heterocycles. The fourth-order valence-corrected chi connectivity index (χ4v) is 2.79. The van der Waals surface area contributed by atoms with Crippen LogP contribution in [-0.2, 0) is 4.74 Å². The van der Waals surface area contributed by atoms with Gasteiger partial charge in [0.05, 0.1) is 13.2 Å². The highest BCUT2D eigenvalue weighted by atomic mass is 16.6. The van der Waals surface area contributed by atoms with E-state index in [-0.39, 0.29) is 18.2 Å². The van der Waals surface area contributed by atoms with Gasteiger partial charge in [-0.25, -0.2) is 9.79 Å². The van der Waals surface area contributed by atoms with Crippen LogP contribution in [0.5, 0.6) is 5.75 Å². The minimum Gasteiger partial charge on any atom is -0.489 e. The van der Waals surface area contributed by atoms with Crippen LogP contribution in [0.2, 0.25) is 0 Å². The maximum Gasteiger partial charge on any atom is 0.409 e. The molecule has 0 spiro atoms. The standard InChI is InChI=1S/C19H30N4O3/c1-4-25-19(24)23-11-9-16(10-12-23)22-18(20)21-13-15(3)26-17-7-5-14(2)6-8-17/h5-8,15-16H,4,9-13H2,1-3H3,(H3,20,21,22). The zero-order chi connectivity index (χ0) is 18.9. The number of amides is 1. The van der Waals surface area contributed by atoms with E-state index in [0.717, 1.165) is 18.6 Å². The Morgan fingerprint density at radius 3 is 2.62 bits per heavy atom. The lowest BCUT2D eigenvalue weighted by Gasteiger charge is -2.31. The van der Waals surface area contributed by atoms with Gasteiger partial charge in [-0.1, -0.05) is 17.7 Å². The molecule has 0 aliphatic carbocycles. The normalized spacial score (nSPS) is 16.9. The fourth-order valence-electron chi connectivity index (χ4n) is 2.79. The first-order valence-corrected chi connectivity index (χ1v) is 9.19. The fraction of sp³-hybridized carbons (Fsp3) is 0.579. The van der Waals surface area contributed by atoms with Gasteiger partial charge in [0.1, 0.15) is 11.9 Å². The van der Waals surface area contributed by atoms with Crippen LogP contribution < -0.4 is 15.8 Å². The van der Waals surface area contributed by atoms with E-state index >= 15 is 0 Å². The summed E-state index contributed by atoms with van der Waals surface area (Å²) in [6.45, 7) is 8.03. The number of aryl methyl sites for hydroxylation is 1. The van der Waals surface area contributed by atoms with Crippen LogP contribution >= 0.6 is 0 Å². The van der Waals surface area contributed by atoms with Gasteiger partial charge < -0.3 is 25.4 Å². The average Bonchev–Trinajstić information content (AvgIpc) is 2.63. The second kappa shape index (κ2) is 9.89. The number of nitrogens with one attached hydrogen (secondary N) is 1. The Morgan fingerprint density at radius 1 is 1.35 bits per heavy atom. The third-order valence-electron chi connectivity index (χ3n) is 4.25. The molecule has 26 heavy (non-hydrogen) atoms. The molecule has 0 bridgehead atoms. The summed E-state index contributed by atoms with van der Waals surface area (Å²) in [4.78, 5) is 17.8. The Bertz CT molecular complexity index is 595. The van der Waals surface area contributed by atoms with E-state index in [1.54, 1.807) is 4.90 Å². The van der Waals surface area contributed by atoms with Crippen LogP contribution in [0.1, 0.15) is 32.3 Å². The van der Waals surface area contributed by atoms with Crippen LogP contribution in [0.25, 0.3) is 0 Å². The smallest absolute Gasteiger partial charge is 0.409 e. The number of guanidine groups is 1. The lowest BCUT2D eigenvalue weighted by molar-refractivity contribution is 0.0963. The molecule has 1 atom stereocenters. The van der Waals surface area contributed by atoms with E-state index in [4.69, 9.17) is 15.2 Å². The number of piperidine rings is 1. The second-order valence-corrected chi connectivity index (χ2v) is 6.57.